The fourth-order valence-electron chi connectivity index (χ4n) is 12.8. The van der Waals surface area contributed by atoms with Crippen LogP contribution in [0.5, 0.6) is 0 Å². The Bertz CT molecular complexity index is 4260. The molecule has 0 unspecified atom stereocenters. The van der Waals surface area contributed by atoms with Gasteiger partial charge in [0.1, 0.15) is 0 Å². The number of hydrogen-bond acceptors (Lipinski definition) is 3. The zero-order valence-electron chi connectivity index (χ0n) is 44.0. The predicted octanol–water partition coefficient (Wildman–Crippen LogP) is 19.1. The molecule has 78 heavy (non-hydrogen) atoms. The SMILES string of the molecule is CC1(C)c2ccccc2-c2ccc(-c3ccc4c(c3)c3cc(-c5ccc6c(c5)C(C)(C)c5ccccc5-6)ccc3n4-c3ccc(-c4ccccc4-c4ccccc4-c4ccc(C(=N)OC(=N)c5ccccc5)cc4)cc3)cc21. The summed E-state index contributed by atoms with van der Waals surface area (Å²) in [5.74, 6) is -0.118. The van der Waals surface area contributed by atoms with Gasteiger partial charge in [0.05, 0.1) is 11.0 Å². The van der Waals surface area contributed by atoms with Crippen LogP contribution in [0.25, 0.3) is 105 Å². The van der Waals surface area contributed by atoms with Crippen molar-refractivity contribution in [3.63, 3.8) is 0 Å². The highest BCUT2D eigenvalue weighted by Crippen LogP contribution is 2.52. The molecule has 2 aliphatic carbocycles. The van der Waals surface area contributed by atoms with Crippen LogP contribution < -0.4 is 0 Å². The molecule has 0 spiro atoms. The molecule has 4 nitrogen and oxygen atoms in total. The number of ether oxygens (including phenoxy) is 1. The molecule has 0 amide bonds. The van der Waals surface area contributed by atoms with E-state index in [9.17, 15) is 0 Å². The zero-order chi connectivity index (χ0) is 52.9. The molecule has 0 atom stereocenters. The molecule has 2 aliphatic rings. The topological polar surface area (TPSA) is 61.9 Å². The van der Waals surface area contributed by atoms with E-state index < -0.39 is 0 Å². The van der Waals surface area contributed by atoms with Gasteiger partial charge < -0.3 is 9.30 Å². The van der Waals surface area contributed by atoms with E-state index in [1.165, 1.54) is 77.5 Å². The molecule has 0 bridgehead atoms. The minimum absolute atomic E-state index is 0.0534. The molecule has 1 heterocycles. The molecule has 2 N–H and O–H groups in total. The molecule has 372 valence electrons. The molecule has 4 heteroatoms. The maximum atomic E-state index is 8.64. The predicted molar refractivity (Wildman–Crippen MR) is 324 cm³/mol. The molecule has 0 aliphatic heterocycles. The summed E-state index contributed by atoms with van der Waals surface area (Å²) in [6.45, 7) is 9.43. The van der Waals surface area contributed by atoms with Gasteiger partial charge in [0.25, 0.3) is 0 Å². The quantitative estimate of drug-likeness (QED) is 0.116. The Morgan fingerprint density at radius 1 is 0.308 bits per heavy atom. The summed E-state index contributed by atoms with van der Waals surface area (Å²) in [6.07, 6.45) is 0. The van der Waals surface area contributed by atoms with Gasteiger partial charge in [-0.25, -0.2) is 0 Å². The van der Waals surface area contributed by atoms with Crippen LogP contribution >= 0.6 is 0 Å². The van der Waals surface area contributed by atoms with Gasteiger partial charge in [0.2, 0.25) is 11.8 Å². The number of aromatic nitrogens is 1. The van der Waals surface area contributed by atoms with E-state index in [2.05, 4.69) is 226 Å². The van der Waals surface area contributed by atoms with Crippen molar-refractivity contribution >= 4 is 33.6 Å². The van der Waals surface area contributed by atoms with Crippen molar-refractivity contribution in [3.05, 3.63) is 282 Å². The molecule has 14 rings (SSSR count). The van der Waals surface area contributed by atoms with Crippen LogP contribution in [0, 0.1) is 10.8 Å². The van der Waals surface area contributed by atoms with Gasteiger partial charge >= 0.3 is 0 Å². The number of rotatable bonds is 8. The smallest absolute Gasteiger partial charge is 0.221 e. The van der Waals surface area contributed by atoms with E-state index in [0.717, 1.165) is 50.1 Å². The van der Waals surface area contributed by atoms with Crippen molar-refractivity contribution in [1.82, 2.24) is 4.57 Å². The lowest BCUT2D eigenvalue weighted by molar-refractivity contribution is 0.538. The molecule has 0 saturated carbocycles. The summed E-state index contributed by atoms with van der Waals surface area (Å²) in [5.41, 5.74) is 26.8. The monoisotopic (exact) mass is 1000 g/mol. The Balaban J connectivity index is 0.839. The number of nitrogens with one attached hydrogen (secondary N) is 2. The van der Waals surface area contributed by atoms with Gasteiger partial charge in [-0.15, -0.1) is 0 Å². The molecular weight excluding hydrogens is 947 g/mol. The number of hydrogen-bond donors (Lipinski definition) is 2. The van der Waals surface area contributed by atoms with Crippen molar-refractivity contribution in [2.45, 2.75) is 38.5 Å². The second-order valence-electron chi connectivity index (χ2n) is 22.0. The standard InChI is InChI=1S/C74H55N3O/c1-73(2)65-24-14-12-22-59(65)61-38-32-52(44-67(61)73)50-34-40-69-63(42-50)64-43-51(53-33-39-62-60-23-13-15-25-66(60)74(3,4)68(62)45-53)35-41-70(64)77(69)54-36-30-47(31-37-54)56-19-9-11-21-58(56)57-20-10-8-18-55(57)46-26-28-49(29-27-46)72(76)78-71(75)48-16-6-5-7-17-48/h5-45,75-76H,1-4H3. The Kier molecular flexibility index (Phi) is 10.8. The van der Waals surface area contributed by atoms with Gasteiger partial charge in [-0.3, -0.25) is 10.8 Å². The first kappa shape index (κ1) is 46.9. The molecule has 11 aromatic carbocycles. The average molecular weight is 1000 g/mol. The first-order chi connectivity index (χ1) is 38.0. The van der Waals surface area contributed by atoms with Gasteiger partial charge in [0, 0.05) is 38.4 Å². The second kappa shape index (κ2) is 18.0. The first-order valence-corrected chi connectivity index (χ1v) is 26.9. The summed E-state index contributed by atoms with van der Waals surface area (Å²) in [6, 6.07) is 89.3. The van der Waals surface area contributed by atoms with Crippen LogP contribution in [0.15, 0.2) is 249 Å². The molecule has 0 radical (unpaired) electrons. The Morgan fingerprint density at radius 3 is 1.13 bits per heavy atom. The minimum atomic E-state index is -0.0928. The molecule has 12 aromatic rings. The van der Waals surface area contributed by atoms with Gasteiger partial charge in [-0.05, 0) is 173 Å². The average Bonchev–Trinajstić information content (AvgIpc) is 4.03. The van der Waals surface area contributed by atoms with E-state index >= 15 is 0 Å². The fraction of sp³-hybridized carbons (Fsp3) is 0.0811. The summed E-state index contributed by atoms with van der Waals surface area (Å²) < 4.78 is 8.10. The highest BCUT2D eigenvalue weighted by Gasteiger charge is 2.36. The van der Waals surface area contributed by atoms with Crippen molar-refractivity contribution in [3.8, 4) is 83.6 Å². The summed E-state index contributed by atoms with van der Waals surface area (Å²) in [5, 5.41) is 19.5. The molecular formula is C74H55N3O. The van der Waals surface area contributed by atoms with Crippen LogP contribution in [0.3, 0.4) is 0 Å². The lowest BCUT2D eigenvalue weighted by Crippen LogP contribution is -2.14. The third-order valence-electron chi connectivity index (χ3n) is 16.9. The van der Waals surface area contributed by atoms with Crippen LogP contribution in [-0.2, 0) is 15.6 Å². The lowest BCUT2D eigenvalue weighted by atomic mass is 9.81. The third-order valence-corrected chi connectivity index (χ3v) is 16.9. The van der Waals surface area contributed by atoms with E-state index in [1.807, 2.05) is 54.6 Å². The Labute approximate surface area is 455 Å². The fourth-order valence-corrected chi connectivity index (χ4v) is 12.8. The van der Waals surface area contributed by atoms with Crippen molar-refractivity contribution in [1.29, 1.82) is 10.8 Å². The van der Waals surface area contributed by atoms with Crippen molar-refractivity contribution in [2.24, 2.45) is 0 Å². The van der Waals surface area contributed by atoms with Gasteiger partial charge in [-0.1, -0.05) is 204 Å². The maximum Gasteiger partial charge on any atom is 0.221 e. The van der Waals surface area contributed by atoms with Crippen LogP contribution in [0.4, 0.5) is 0 Å². The molecule has 1 aromatic heterocycles. The minimum Gasteiger partial charge on any atom is -0.421 e. The maximum absolute atomic E-state index is 8.64. The summed E-state index contributed by atoms with van der Waals surface area (Å²) in [4.78, 5) is 0. The largest absolute Gasteiger partial charge is 0.421 e. The Hall–Kier alpha value is -9.64. The van der Waals surface area contributed by atoms with E-state index in [1.54, 1.807) is 0 Å². The Morgan fingerprint density at radius 2 is 0.654 bits per heavy atom. The molecule has 0 saturated heterocycles. The summed E-state index contributed by atoms with van der Waals surface area (Å²) in [7, 11) is 0. The third kappa shape index (κ3) is 7.50. The van der Waals surface area contributed by atoms with Crippen LogP contribution in [0.2, 0.25) is 0 Å². The number of benzene rings is 11. The van der Waals surface area contributed by atoms with Crippen molar-refractivity contribution < 1.29 is 4.74 Å². The van der Waals surface area contributed by atoms with E-state index in [-0.39, 0.29) is 22.6 Å². The van der Waals surface area contributed by atoms with Crippen molar-refractivity contribution in [2.75, 3.05) is 0 Å². The normalized spacial score (nSPS) is 13.4. The first-order valence-electron chi connectivity index (χ1n) is 26.9. The highest BCUT2D eigenvalue weighted by molar-refractivity contribution is 6.12. The molecule has 0 fully saturated rings. The van der Waals surface area contributed by atoms with Gasteiger partial charge in [-0.2, -0.15) is 0 Å². The lowest BCUT2D eigenvalue weighted by Gasteiger charge is -2.22. The second-order valence-corrected chi connectivity index (χ2v) is 22.0. The van der Waals surface area contributed by atoms with Gasteiger partial charge in [0.15, 0.2) is 0 Å². The summed E-state index contributed by atoms with van der Waals surface area (Å²) >= 11 is 0. The highest BCUT2D eigenvalue weighted by atomic mass is 16.5. The zero-order valence-corrected chi connectivity index (χ0v) is 44.0. The number of nitrogens with zero attached hydrogens (tertiary/aromatic N) is 1. The number of fused-ring (bicyclic) bond motifs is 9. The van der Waals surface area contributed by atoms with E-state index in [0.29, 0.717) is 11.1 Å². The van der Waals surface area contributed by atoms with Crippen LogP contribution in [-0.4, -0.2) is 16.4 Å². The van der Waals surface area contributed by atoms with E-state index in [4.69, 9.17) is 15.6 Å². The van der Waals surface area contributed by atoms with Crippen LogP contribution in [0.1, 0.15) is 61.1 Å².